The number of hydrogen-bond acceptors (Lipinski definition) is 3. The monoisotopic (exact) mass is 262 g/mol. The van der Waals surface area contributed by atoms with Crippen LogP contribution in [-0.4, -0.2) is 23.1 Å². The van der Waals surface area contributed by atoms with E-state index in [0.29, 0.717) is 30.4 Å². The summed E-state index contributed by atoms with van der Waals surface area (Å²) < 4.78 is 5.29. The molecule has 2 rings (SSSR count). The van der Waals surface area contributed by atoms with Crippen LogP contribution < -0.4 is 0 Å². The van der Waals surface area contributed by atoms with E-state index in [9.17, 15) is 9.59 Å². The molecule has 0 radical (unpaired) electrons. The van der Waals surface area contributed by atoms with Crippen LogP contribution in [0.15, 0.2) is 35.5 Å². The van der Waals surface area contributed by atoms with E-state index in [1.807, 2.05) is 13.0 Å². The molecule has 2 atom stereocenters. The van der Waals surface area contributed by atoms with Crippen molar-refractivity contribution in [3.8, 4) is 0 Å². The second-order valence-corrected chi connectivity index (χ2v) is 5.13. The summed E-state index contributed by atoms with van der Waals surface area (Å²) >= 11 is 0. The Morgan fingerprint density at radius 3 is 2.89 bits per heavy atom. The smallest absolute Gasteiger partial charge is 0.334 e. The average Bonchev–Trinajstić information content (AvgIpc) is 2.60. The highest BCUT2D eigenvalue weighted by atomic mass is 16.5. The number of allylic oxidation sites excluding steroid dienone is 2. The van der Waals surface area contributed by atoms with Gasteiger partial charge in [0.05, 0.1) is 0 Å². The minimum atomic E-state index is -0.880. The van der Waals surface area contributed by atoms with Gasteiger partial charge in [-0.3, -0.25) is 0 Å². The number of ether oxygens (including phenoxy) is 1. The standard InChI is InChI=1S/C15H18O4/c1-9-4-3-5-11(14(16)17)6-7-12-10(2)15(18)19-13(12)8-9/h5,8,12-13H,2-4,6-7H2,1H3,(H,16,17)/b9-8?,11-5-/t12-,13+/m0/s1. The van der Waals surface area contributed by atoms with Gasteiger partial charge in [0, 0.05) is 17.1 Å². The summed E-state index contributed by atoms with van der Waals surface area (Å²) in [4.78, 5) is 22.7. The fourth-order valence-corrected chi connectivity index (χ4v) is 2.56. The van der Waals surface area contributed by atoms with E-state index in [2.05, 4.69) is 6.58 Å². The molecule has 0 aromatic rings. The number of hydrogen-bond donors (Lipinski definition) is 1. The first-order chi connectivity index (χ1) is 8.99. The number of fused-ring (bicyclic) bond motifs is 1. The first-order valence-electron chi connectivity index (χ1n) is 6.48. The molecular formula is C15H18O4. The second-order valence-electron chi connectivity index (χ2n) is 5.13. The number of carboxylic acids is 1. The maximum atomic E-state index is 11.6. The molecule has 1 fully saturated rings. The lowest BCUT2D eigenvalue weighted by molar-refractivity contribution is -0.137. The first-order valence-corrected chi connectivity index (χ1v) is 6.48. The number of esters is 1. The maximum Gasteiger partial charge on any atom is 0.334 e. The highest BCUT2D eigenvalue weighted by Gasteiger charge is 2.37. The minimum Gasteiger partial charge on any atom is -0.478 e. The van der Waals surface area contributed by atoms with Gasteiger partial charge in [-0.2, -0.15) is 0 Å². The third-order valence-electron chi connectivity index (χ3n) is 3.73. The molecule has 0 bridgehead atoms. The number of aliphatic carboxylic acids is 1. The third kappa shape index (κ3) is 2.95. The Hall–Kier alpha value is -1.84. The first kappa shape index (κ1) is 13.6. The Bertz CT molecular complexity index is 484. The summed E-state index contributed by atoms with van der Waals surface area (Å²) in [5.74, 6) is -1.35. The van der Waals surface area contributed by atoms with E-state index in [4.69, 9.17) is 9.84 Å². The van der Waals surface area contributed by atoms with Crippen molar-refractivity contribution in [2.45, 2.75) is 38.7 Å². The number of rotatable bonds is 1. The summed E-state index contributed by atoms with van der Waals surface area (Å²) in [6.07, 6.45) is 5.98. The number of carbonyl (C=O) groups excluding carboxylic acids is 1. The normalized spacial score (nSPS) is 30.8. The molecule has 1 aliphatic carbocycles. The van der Waals surface area contributed by atoms with Crippen LogP contribution in [-0.2, 0) is 14.3 Å². The lowest BCUT2D eigenvalue weighted by Crippen LogP contribution is -2.16. The van der Waals surface area contributed by atoms with Gasteiger partial charge in [-0.25, -0.2) is 9.59 Å². The van der Waals surface area contributed by atoms with Gasteiger partial charge in [0.2, 0.25) is 0 Å². The van der Waals surface area contributed by atoms with Crippen molar-refractivity contribution in [3.05, 3.63) is 35.5 Å². The van der Waals surface area contributed by atoms with Gasteiger partial charge in [-0.1, -0.05) is 18.2 Å². The minimum absolute atomic E-state index is 0.108. The van der Waals surface area contributed by atoms with Crippen molar-refractivity contribution in [2.75, 3.05) is 0 Å². The molecule has 1 aliphatic heterocycles. The van der Waals surface area contributed by atoms with Crippen molar-refractivity contribution in [2.24, 2.45) is 5.92 Å². The van der Waals surface area contributed by atoms with Crippen molar-refractivity contribution in [3.63, 3.8) is 0 Å². The molecule has 19 heavy (non-hydrogen) atoms. The molecule has 2 aliphatic rings. The SMILES string of the molecule is C=C1C(=O)O[C@@H]2C=C(C)CC/C=C(\C(=O)O)CC[C@@H]12. The molecule has 0 spiro atoms. The molecule has 1 heterocycles. The lowest BCUT2D eigenvalue weighted by Gasteiger charge is -2.17. The highest BCUT2D eigenvalue weighted by Crippen LogP contribution is 2.34. The van der Waals surface area contributed by atoms with E-state index in [1.165, 1.54) is 0 Å². The van der Waals surface area contributed by atoms with Gasteiger partial charge in [-0.05, 0) is 38.7 Å². The van der Waals surface area contributed by atoms with Crippen LogP contribution in [0.1, 0.15) is 32.6 Å². The molecule has 4 nitrogen and oxygen atoms in total. The summed E-state index contributed by atoms with van der Waals surface area (Å²) in [5, 5.41) is 9.14. The molecular weight excluding hydrogens is 244 g/mol. The summed E-state index contributed by atoms with van der Waals surface area (Å²) in [5.41, 5.74) is 1.99. The van der Waals surface area contributed by atoms with Gasteiger partial charge >= 0.3 is 11.9 Å². The van der Waals surface area contributed by atoms with E-state index in [1.54, 1.807) is 6.08 Å². The molecule has 1 saturated heterocycles. The van der Waals surface area contributed by atoms with Crippen LogP contribution >= 0.6 is 0 Å². The topological polar surface area (TPSA) is 63.6 Å². The molecule has 0 aromatic heterocycles. The maximum absolute atomic E-state index is 11.6. The third-order valence-corrected chi connectivity index (χ3v) is 3.73. The summed E-state index contributed by atoms with van der Waals surface area (Å²) in [6.45, 7) is 5.74. The van der Waals surface area contributed by atoms with Gasteiger partial charge in [0.1, 0.15) is 6.10 Å². The molecule has 0 unspecified atom stereocenters. The largest absolute Gasteiger partial charge is 0.478 e. The zero-order chi connectivity index (χ0) is 14.0. The van der Waals surface area contributed by atoms with Crippen LogP contribution in [0.5, 0.6) is 0 Å². The Balaban J connectivity index is 2.26. The Kier molecular flexibility index (Phi) is 3.88. The fraction of sp³-hybridized carbons (Fsp3) is 0.467. The molecule has 4 heteroatoms. The Labute approximate surface area is 112 Å². The van der Waals surface area contributed by atoms with Crippen molar-refractivity contribution >= 4 is 11.9 Å². The molecule has 0 saturated carbocycles. The van der Waals surface area contributed by atoms with Crippen LogP contribution in [0.4, 0.5) is 0 Å². The average molecular weight is 262 g/mol. The van der Waals surface area contributed by atoms with Gasteiger partial charge < -0.3 is 9.84 Å². The van der Waals surface area contributed by atoms with E-state index in [0.717, 1.165) is 12.0 Å². The number of carbonyl (C=O) groups is 2. The molecule has 1 N–H and O–H groups in total. The van der Waals surface area contributed by atoms with Crippen LogP contribution in [0, 0.1) is 5.92 Å². The zero-order valence-corrected chi connectivity index (χ0v) is 11.0. The van der Waals surface area contributed by atoms with Crippen LogP contribution in [0.25, 0.3) is 0 Å². The zero-order valence-electron chi connectivity index (χ0n) is 11.0. The molecule has 0 amide bonds. The predicted octanol–water partition coefficient (Wildman–Crippen LogP) is 2.62. The highest BCUT2D eigenvalue weighted by molar-refractivity contribution is 5.91. The Morgan fingerprint density at radius 1 is 1.47 bits per heavy atom. The van der Waals surface area contributed by atoms with Gasteiger partial charge in [0.25, 0.3) is 0 Å². The predicted molar refractivity (Wildman–Crippen MR) is 70.5 cm³/mol. The van der Waals surface area contributed by atoms with Crippen molar-refractivity contribution in [1.29, 1.82) is 0 Å². The fourth-order valence-electron chi connectivity index (χ4n) is 2.56. The molecule has 0 aromatic carbocycles. The quantitative estimate of drug-likeness (QED) is 0.448. The van der Waals surface area contributed by atoms with Crippen LogP contribution in [0.2, 0.25) is 0 Å². The second kappa shape index (κ2) is 5.43. The van der Waals surface area contributed by atoms with Gasteiger partial charge in [0.15, 0.2) is 0 Å². The van der Waals surface area contributed by atoms with Gasteiger partial charge in [-0.15, -0.1) is 0 Å². The lowest BCUT2D eigenvalue weighted by atomic mass is 9.88. The van der Waals surface area contributed by atoms with Crippen molar-refractivity contribution in [1.82, 2.24) is 0 Å². The van der Waals surface area contributed by atoms with Crippen molar-refractivity contribution < 1.29 is 19.4 Å². The van der Waals surface area contributed by atoms with E-state index in [-0.39, 0.29) is 18.0 Å². The van der Waals surface area contributed by atoms with E-state index < -0.39 is 5.97 Å². The molecule has 102 valence electrons. The summed E-state index contributed by atoms with van der Waals surface area (Å²) in [6, 6.07) is 0. The summed E-state index contributed by atoms with van der Waals surface area (Å²) in [7, 11) is 0. The number of carboxylic acid groups (broad SMARTS) is 1. The Morgan fingerprint density at radius 2 is 2.21 bits per heavy atom. The van der Waals surface area contributed by atoms with Crippen LogP contribution in [0.3, 0.4) is 0 Å². The van der Waals surface area contributed by atoms with E-state index >= 15 is 0 Å².